The van der Waals surface area contributed by atoms with Gasteiger partial charge in [0.05, 0.1) is 7.11 Å². The average Bonchev–Trinajstić information content (AvgIpc) is 2.17. The molecule has 3 heteroatoms. The minimum Gasteiger partial charge on any atom is -0.497 e. The fraction of sp³-hybridized carbons (Fsp3) is 0.400. The van der Waals surface area contributed by atoms with Crippen LogP contribution in [0, 0.1) is 6.92 Å². The van der Waals surface area contributed by atoms with Gasteiger partial charge in [0, 0.05) is 13.2 Å². The van der Waals surface area contributed by atoms with Crippen molar-refractivity contribution < 1.29 is 14.2 Å². The highest BCUT2D eigenvalue weighted by atomic mass is 16.7. The molecule has 0 aromatic heterocycles. The van der Waals surface area contributed by atoms with Gasteiger partial charge in [0.25, 0.3) is 0 Å². The van der Waals surface area contributed by atoms with Gasteiger partial charge in [-0.05, 0) is 18.6 Å². The molecule has 0 amide bonds. The van der Waals surface area contributed by atoms with Crippen LogP contribution in [0.5, 0.6) is 11.5 Å². The second-order valence-corrected chi connectivity index (χ2v) is 2.68. The van der Waals surface area contributed by atoms with Crippen molar-refractivity contribution in [3.05, 3.63) is 23.8 Å². The number of rotatable bonds is 4. The maximum absolute atomic E-state index is 5.33. The molecule has 0 radical (unpaired) electrons. The molecule has 0 heterocycles. The highest BCUT2D eigenvalue weighted by Gasteiger charge is 2.00. The third-order valence-electron chi connectivity index (χ3n) is 1.73. The lowest BCUT2D eigenvalue weighted by molar-refractivity contribution is 0.0505. The lowest BCUT2D eigenvalue weighted by Crippen LogP contribution is -2.00. The van der Waals surface area contributed by atoms with Crippen molar-refractivity contribution >= 4 is 0 Å². The number of hydrogen-bond donors (Lipinski definition) is 0. The molecule has 13 heavy (non-hydrogen) atoms. The van der Waals surface area contributed by atoms with E-state index in [1.807, 2.05) is 25.1 Å². The molecule has 3 nitrogen and oxygen atoms in total. The Kier molecular flexibility index (Phi) is 3.58. The normalized spacial score (nSPS) is 9.77. The molecule has 0 aliphatic rings. The van der Waals surface area contributed by atoms with Crippen LogP contribution in [0.1, 0.15) is 5.56 Å². The van der Waals surface area contributed by atoms with E-state index in [1.165, 1.54) is 0 Å². The molecule has 0 fully saturated rings. The van der Waals surface area contributed by atoms with Gasteiger partial charge in [-0.15, -0.1) is 0 Å². The number of benzene rings is 1. The van der Waals surface area contributed by atoms with Crippen LogP contribution < -0.4 is 9.47 Å². The van der Waals surface area contributed by atoms with E-state index in [4.69, 9.17) is 14.2 Å². The molecule has 0 N–H and O–H groups in total. The van der Waals surface area contributed by atoms with Crippen LogP contribution in [0.4, 0.5) is 0 Å². The van der Waals surface area contributed by atoms with Crippen molar-refractivity contribution in [2.75, 3.05) is 21.0 Å². The van der Waals surface area contributed by atoms with Crippen LogP contribution in [0.2, 0.25) is 0 Å². The Bertz CT molecular complexity index is 271. The van der Waals surface area contributed by atoms with Crippen LogP contribution >= 0.6 is 0 Å². The maximum Gasteiger partial charge on any atom is 0.188 e. The third-order valence-corrected chi connectivity index (χ3v) is 1.73. The summed E-state index contributed by atoms with van der Waals surface area (Å²) < 4.78 is 15.2. The summed E-state index contributed by atoms with van der Waals surface area (Å²) in [6.45, 7) is 2.23. The first-order valence-corrected chi connectivity index (χ1v) is 4.04. The number of ether oxygens (including phenoxy) is 3. The Hall–Kier alpha value is -1.22. The third kappa shape index (κ3) is 2.63. The van der Waals surface area contributed by atoms with Crippen LogP contribution in [0.25, 0.3) is 0 Å². The summed E-state index contributed by atoms with van der Waals surface area (Å²) in [6.07, 6.45) is 0. The zero-order chi connectivity index (χ0) is 9.68. The van der Waals surface area contributed by atoms with Gasteiger partial charge in [0.15, 0.2) is 6.79 Å². The fourth-order valence-corrected chi connectivity index (χ4v) is 0.985. The number of methoxy groups -OCH3 is 2. The van der Waals surface area contributed by atoms with Crippen molar-refractivity contribution in [3.63, 3.8) is 0 Å². The van der Waals surface area contributed by atoms with Crippen LogP contribution in [-0.4, -0.2) is 21.0 Å². The van der Waals surface area contributed by atoms with Gasteiger partial charge in [0.1, 0.15) is 11.5 Å². The van der Waals surface area contributed by atoms with E-state index in [0.29, 0.717) is 0 Å². The number of aryl methyl sites for hydroxylation is 1. The smallest absolute Gasteiger partial charge is 0.188 e. The molecule has 1 rings (SSSR count). The summed E-state index contributed by atoms with van der Waals surface area (Å²) >= 11 is 0. The zero-order valence-corrected chi connectivity index (χ0v) is 8.16. The van der Waals surface area contributed by atoms with E-state index in [0.717, 1.165) is 17.1 Å². The molecular weight excluding hydrogens is 168 g/mol. The molecule has 0 saturated heterocycles. The summed E-state index contributed by atoms with van der Waals surface area (Å²) in [5.74, 6) is 1.58. The Morgan fingerprint density at radius 2 is 2.00 bits per heavy atom. The van der Waals surface area contributed by atoms with Gasteiger partial charge in [-0.25, -0.2) is 0 Å². The van der Waals surface area contributed by atoms with Gasteiger partial charge in [-0.2, -0.15) is 0 Å². The summed E-state index contributed by atoms with van der Waals surface area (Å²) in [6, 6.07) is 5.69. The van der Waals surface area contributed by atoms with Gasteiger partial charge in [-0.1, -0.05) is 6.07 Å². The standard InChI is InChI=1S/C10H14O3/c1-8-4-5-9(12-3)6-10(8)13-7-11-2/h4-6H,7H2,1-3H3. The Labute approximate surface area is 78.2 Å². The van der Waals surface area contributed by atoms with Gasteiger partial charge < -0.3 is 14.2 Å². The minimum absolute atomic E-state index is 0.258. The monoisotopic (exact) mass is 182 g/mol. The second-order valence-electron chi connectivity index (χ2n) is 2.68. The van der Waals surface area contributed by atoms with Gasteiger partial charge >= 0.3 is 0 Å². The Balaban J connectivity index is 2.78. The van der Waals surface area contributed by atoms with Crippen molar-refractivity contribution in [2.24, 2.45) is 0 Å². The summed E-state index contributed by atoms with van der Waals surface area (Å²) in [7, 11) is 3.22. The van der Waals surface area contributed by atoms with Crippen molar-refractivity contribution in [1.29, 1.82) is 0 Å². The molecule has 0 spiro atoms. The van der Waals surface area contributed by atoms with E-state index in [1.54, 1.807) is 14.2 Å². The van der Waals surface area contributed by atoms with Crippen molar-refractivity contribution in [2.45, 2.75) is 6.92 Å². The van der Waals surface area contributed by atoms with E-state index in [-0.39, 0.29) is 6.79 Å². The Morgan fingerprint density at radius 3 is 2.62 bits per heavy atom. The highest BCUT2D eigenvalue weighted by molar-refractivity contribution is 5.39. The fourth-order valence-electron chi connectivity index (χ4n) is 0.985. The molecule has 0 atom stereocenters. The first-order valence-electron chi connectivity index (χ1n) is 4.04. The zero-order valence-electron chi connectivity index (χ0n) is 8.16. The molecule has 0 bridgehead atoms. The average molecular weight is 182 g/mol. The number of hydrogen-bond acceptors (Lipinski definition) is 3. The van der Waals surface area contributed by atoms with E-state index in [2.05, 4.69) is 0 Å². The molecular formula is C10H14O3. The molecule has 0 unspecified atom stereocenters. The summed E-state index contributed by atoms with van der Waals surface area (Å²) in [4.78, 5) is 0. The largest absolute Gasteiger partial charge is 0.497 e. The quantitative estimate of drug-likeness (QED) is 0.666. The maximum atomic E-state index is 5.33. The van der Waals surface area contributed by atoms with Crippen LogP contribution in [0.15, 0.2) is 18.2 Å². The molecule has 0 aliphatic carbocycles. The van der Waals surface area contributed by atoms with E-state index in [9.17, 15) is 0 Å². The molecule has 0 saturated carbocycles. The van der Waals surface area contributed by atoms with E-state index < -0.39 is 0 Å². The van der Waals surface area contributed by atoms with Crippen LogP contribution in [-0.2, 0) is 4.74 Å². The predicted molar refractivity (Wildman–Crippen MR) is 50.2 cm³/mol. The first kappa shape index (κ1) is 9.86. The minimum atomic E-state index is 0.258. The van der Waals surface area contributed by atoms with Crippen molar-refractivity contribution in [3.8, 4) is 11.5 Å². The molecule has 1 aromatic carbocycles. The Morgan fingerprint density at radius 1 is 1.23 bits per heavy atom. The van der Waals surface area contributed by atoms with E-state index >= 15 is 0 Å². The molecule has 1 aromatic rings. The van der Waals surface area contributed by atoms with Gasteiger partial charge in [0.2, 0.25) is 0 Å². The summed E-state index contributed by atoms with van der Waals surface area (Å²) in [5.41, 5.74) is 1.07. The van der Waals surface area contributed by atoms with Crippen LogP contribution in [0.3, 0.4) is 0 Å². The van der Waals surface area contributed by atoms with Gasteiger partial charge in [-0.3, -0.25) is 0 Å². The lowest BCUT2D eigenvalue weighted by atomic mass is 10.2. The second kappa shape index (κ2) is 4.72. The molecule has 0 aliphatic heterocycles. The molecule has 72 valence electrons. The topological polar surface area (TPSA) is 27.7 Å². The first-order chi connectivity index (χ1) is 6.27. The SMILES string of the molecule is COCOc1cc(OC)ccc1C. The van der Waals surface area contributed by atoms with Crippen molar-refractivity contribution in [1.82, 2.24) is 0 Å². The predicted octanol–water partition coefficient (Wildman–Crippen LogP) is 1.99. The lowest BCUT2D eigenvalue weighted by Gasteiger charge is -2.09. The highest BCUT2D eigenvalue weighted by Crippen LogP contribution is 2.23. The summed E-state index contributed by atoms with van der Waals surface area (Å²) in [5, 5.41) is 0.